The lowest BCUT2D eigenvalue weighted by Gasteiger charge is -2.13. The largest absolute Gasteiger partial charge is 0.493 e. The van der Waals surface area contributed by atoms with Gasteiger partial charge in [0.15, 0.2) is 17.3 Å². The highest BCUT2D eigenvalue weighted by atomic mass is 16.5. The summed E-state index contributed by atoms with van der Waals surface area (Å²) in [5.41, 5.74) is 0.727. The minimum atomic E-state index is -0.147. The molecular weight excluding hydrogens is 234 g/mol. The second kappa shape index (κ2) is 6.50. The number of methoxy groups -OCH3 is 3. The van der Waals surface area contributed by atoms with E-state index in [2.05, 4.69) is 0 Å². The van der Waals surface area contributed by atoms with Gasteiger partial charge in [-0.15, -0.1) is 0 Å². The molecule has 0 radical (unpaired) electrons. The van der Waals surface area contributed by atoms with Crippen molar-refractivity contribution in [2.45, 2.75) is 12.8 Å². The Hall–Kier alpha value is -2.22. The highest BCUT2D eigenvalue weighted by molar-refractivity contribution is 5.83. The van der Waals surface area contributed by atoms with E-state index in [1.54, 1.807) is 12.1 Å². The smallest absolute Gasteiger partial charge is 0.203 e. The van der Waals surface area contributed by atoms with Gasteiger partial charge >= 0.3 is 0 Å². The van der Waals surface area contributed by atoms with Crippen LogP contribution in [0.4, 0.5) is 0 Å². The van der Waals surface area contributed by atoms with Gasteiger partial charge in [-0.25, -0.2) is 0 Å². The van der Waals surface area contributed by atoms with Gasteiger partial charge in [0, 0.05) is 6.42 Å². The summed E-state index contributed by atoms with van der Waals surface area (Å²) in [7, 11) is 4.54. The maximum Gasteiger partial charge on any atom is 0.203 e. The molecule has 96 valence electrons. The summed E-state index contributed by atoms with van der Waals surface area (Å²) in [4.78, 5) is 11.4. The van der Waals surface area contributed by atoms with E-state index in [9.17, 15) is 4.79 Å². The van der Waals surface area contributed by atoms with E-state index in [1.807, 2.05) is 6.07 Å². The van der Waals surface area contributed by atoms with Crippen molar-refractivity contribution >= 4 is 5.78 Å². The lowest BCUT2D eigenvalue weighted by atomic mass is 10.1. The van der Waals surface area contributed by atoms with E-state index in [0.29, 0.717) is 17.2 Å². The van der Waals surface area contributed by atoms with E-state index in [4.69, 9.17) is 19.5 Å². The van der Waals surface area contributed by atoms with Crippen molar-refractivity contribution in [1.82, 2.24) is 0 Å². The third kappa shape index (κ3) is 3.14. The Kier molecular flexibility index (Phi) is 5.00. The van der Waals surface area contributed by atoms with Gasteiger partial charge in [0.1, 0.15) is 0 Å². The third-order valence-corrected chi connectivity index (χ3v) is 2.40. The van der Waals surface area contributed by atoms with Gasteiger partial charge in [-0.2, -0.15) is 5.26 Å². The number of nitriles is 1. The van der Waals surface area contributed by atoms with Gasteiger partial charge in [0.05, 0.1) is 33.8 Å². The number of ether oxygens (including phenoxy) is 3. The van der Waals surface area contributed by atoms with Crippen LogP contribution in [-0.4, -0.2) is 27.1 Å². The zero-order valence-electron chi connectivity index (χ0n) is 10.6. The van der Waals surface area contributed by atoms with Crippen molar-refractivity contribution in [3.05, 3.63) is 17.7 Å². The fourth-order valence-corrected chi connectivity index (χ4v) is 1.62. The summed E-state index contributed by atoms with van der Waals surface area (Å²) in [5.74, 6) is 1.33. The number of carbonyl (C=O) groups excluding carboxylic acids is 1. The molecule has 0 fully saturated rings. The molecular formula is C13H15NO4. The number of benzene rings is 1. The molecule has 0 amide bonds. The predicted octanol–water partition coefficient (Wildman–Crippen LogP) is 1.74. The van der Waals surface area contributed by atoms with Crippen LogP contribution in [0.1, 0.15) is 12.0 Å². The SMILES string of the molecule is COc1cc(CC(=O)CC#N)cc(OC)c1OC. The van der Waals surface area contributed by atoms with Crippen LogP contribution < -0.4 is 14.2 Å². The lowest BCUT2D eigenvalue weighted by molar-refractivity contribution is -0.117. The molecule has 5 nitrogen and oxygen atoms in total. The maximum atomic E-state index is 11.4. The summed E-state index contributed by atoms with van der Waals surface area (Å²) < 4.78 is 15.5. The molecule has 0 aliphatic rings. The van der Waals surface area contributed by atoms with Gasteiger partial charge in [-0.1, -0.05) is 0 Å². The van der Waals surface area contributed by atoms with Crippen LogP contribution in [0.2, 0.25) is 0 Å². The Bertz CT molecular complexity index is 451. The molecule has 0 heterocycles. The second-order valence-corrected chi connectivity index (χ2v) is 3.58. The van der Waals surface area contributed by atoms with E-state index in [1.165, 1.54) is 21.3 Å². The lowest BCUT2D eigenvalue weighted by Crippen LogP contribution is -2.03. The normalized spacial score (nSPS) is 9.44. The topological polar surface area (TPSA) is 68.6 Å². The molecule has 5 heteroatoms. The standard InChI is InChI=1S/C13H15NO4/c1-16-11-7-9(6-10(15)4-5-14)8-12(17-2)13(11)18-3/h7-8H,4,6H2,1-3H3. The number of hydrogen-bond donors (Lipinski definition) is 0. The molecule has 1 aromatic carbocycles. The van der Waals surface area contributed by atoms with E-state index in [0.717, 1.165) is 5.56 Å². The summed E-state index contributed by atoms with van der Waals surface area (Å²) in [6.45, 7) is 0. The number of rotatable bonds is 6. The van der Waals surface area contributed by atoms with Crippen molar-refractivity contribution in [1.29, 1.82) is 5.26 Å². The molecule has 0 atom stereocenters. The molecule has 0 saturated heterocycles. The summed E-state index contributed by atoms with van der Waals surface area (Å²) in [5, 5.41) is 8.46. The average molecular weight is 249 g/mol. The molecule has 0 aromatic heterocycles. The molecule has 0 aliphatic carbocycles. The molecule has 0 N–H and O–H groups in total. The Balaban J connectivity index is 3.08. The van der Waals surface area contributed by atoms with Crippen LogP contribution in [0.25, 0.3) is 0 Å². The predicted molar refractivity (Wildman–Crippen MR) is 65.0 cm³/mol. The van der Waals surface area contributed by atoms with Gasteiger partial charge < -0.3 is 14.2 Å². The Morgan fingerprint density at radius 1 is 1.17 bits per heavy atom. The van der Waals surface area contributed by atoms with Crippen LogP contribution >= 0.6 is 0 Å². The van der Waals surface area contributed by atoms with E-state index >= 15 is 0 Å². The van der Waals surface area contributed by atoms with Gasteiger partial charge in [-0.05, 0) is 17.7 Å². The number of hydrogen-bond acceptors (Lipinski definition) is 5. The first-order chi connectivity index (χ1) is 8.65. The molecule has 0 bridgehead atoms. The number of ketones is 1. The highest BCUT2D eigenvalue weighted by Crippen LogP contribution is 2.38. The first-order valence-electron chi connectivity index (χ1n) is 5.33. The van der Waals surface area contributed by atoms with E-state index in [-0.39, 0.29) is 18.6 Å². The Labute approximate surface area is 106 Å². The third-order valence-electron chi connectivity index (χ3n) is 2.40. The first kappa shape index (κ1) is 13.8. The van der Waals surface area contributed by atoms with Crippen molar-refractivity contribution in [2.75, 3.05) is 21.3 Å². The summed E-state index contributed by atoms with van der Waals surface area (Å²) in [6, 6.07) is 5.24. The molecule has 0 unspecified atom stereocenters. The van der Waals surface area contributed by atoms with Crippen LogP contribution in [-0.2, 0) is 11.2 Å². The quantitative estimate of drug-likeness (QED) is 0.768. The fourth-order valence-electron chi connectivity index (χ4n) is 1.62. The van der Waals surface area contributed by atoms with Crippen LogP contribution in [0.15, 0.2) is 12.1 Å². The fraction of sp³-hybridized carbons (Fsp3) is 0.385. The van der Waals surface area contributed by atoms with Crippen LogP contribution in [0.3, 0.4) is 0 Å². The Morgan fingerprint density at radius 3 is 2.11 bits per heavy atom. The van der Waals surface area contributed by atoms with E-state index < -0.39 is 0 Å². The van der Waals surface area contributed by atoms with Gasteiger partial charge in [0.25, 0.3) is 0 Å². The molecule has 1 rings (SSSR count). The highest BCUT2D eigenvalue weighted by Gasteiger charge is 2.14. The number of carbonyl (C=O) groups is 1. The number of Topliss-reactive ketones (excluding diaryl/α,β-unsaturated/α-hetero) is 1. The van der Waals surface area contributed by atoms with Gasteiger partial charge in [-0.3, -0.25) is 4.79 Å². The molecule has 0 spiro atoms. The van der Waals surface area contributed by atoms with Crippen molar-refractivity contribution in [2.24, 2.45) is 0 Å². The van der Waals surface area contributed by atoms with Crippen molar-refractivity contribution < 1.29 is 19.0 Å². The number of nitrogens with zero attached hydrogens (tertiary/aromatic N) is 1. The van der Waals surface area contributed by atoms with Crippen LogP contribution in [0.5, 0.6) is 17.2 Å². The molecule has 0 saturated carbocycles. The van der Waals surface area contributed by atoms with Crippen molar-refractivity contribution in [3.8, 4) is 23.3 Å². The second-order valence-electron chi connectivity index (χ2n) is 3.58. The Morgan fingerprint density at radius 2 is 1.72 bits per heavy atom. The van der Waals surface area contributed by atoms with Crippen molar-refractivity contribution in [3.63, 3.8) is 0 Å². The van der Waals surface area contributed by atoms with Gasteiger partial charge in [0.2, 0.25) is 5.75 Å². The zero-order valence-corrected chi connectivity index (χ0v) is 10.6. The maximum absolute atomic E-state index is 11.4. The minimum Gasteiger partial charge on any atom is -0.493 e. The minimum absolute atomic E-state index is 0.101. The monoisotopic (exact) mass is 249 g/mol. The first-order valence-corrected chi connectivity index (χ1v) is 5.33. The summed E-state index contributed by atoms with van der Waals surface area (Å²) in [6.07, 6.45) is 0.0704. The molecule has 0 aliphatic heterocycles. The zero-order chi connectivity index (χ0) is 13.5. The average Bonchev–Trinajstić information content (AvgIpc) is 2.37. The summed E-state index contributed by atoms with van der Waals surface area (Å²) >= 11 is 0. The molecule has 1 aromatic rings. The van der Waals surface area contributed by atoms with Crippen LogP contribution in [0, 0.1) is 11.3 Å². The molecule has 18 heavy (non-hydrogen) atoms.